The molecule has 3 aliphatic heterocycles. The number of hydrogen-bond donors (Lipinski definition) is 1. The van der Waals surface area contributed by atoms with Crippen molar-refractivity contribution in [3.05, 3.63) is 29.1 Å². The molecule has 1 aromatic heterocycles. The summed E-state index contributed by atoms with van der Waals surface area (Å²) in [5, 5.41) is 3.59. The van der Waals surface area contributed by atoms with Crippen molar-refractivity contribution < 1.29 is 50.1 Å². The number of halogens is 6. The Hall–Kier alpha value is -2.65. The number of likely N-dealkylation sites (tertiary alicyclic amines) is 1. The second-order valence-electron chi connectivity index (χ2n) is 11.6. The topological polar surface area (TPSA) is 93.2 Å². The molecule has 4 aliphatic rings. The van der Waals surface area contributed by atoms with Crippen LogP contribution in [0.3, 0.4) is 0 Å². The molecular weight excluding hydrogens is 574 g/mol. The summed E-state index contributed by atoms with van der Waals surface area (Å²) < 4.78 is 93.7. The van der Waals surface area contributed by atoms with Crippen LogP contribution in [0.2, 0.25) is 0 Å². The Balaban J connectivity index is 1.34. The summed E-state index contributed by atoms with van der Waals surface area (Å²) in [6.45, 7) is 0.418. The van der Waals surface area contributed by atoms with Crippen LogP contribution in [0.1, 0.15) is 42.5 Å². The van der Waals surface area contributed by atoms with Crippen molar-refractivity contribution in [3.63, 3.8) is 0 Å². The number of nitrogens with one attached hydrogen (secondary N) is 1. The number of nitrogens with zero attached hydrogens (tertiary/aromatic N) is 3. The highest BCUT2D eigenvalue weighted by molar-refractivity contribution is 5.86. The summed E-state index contributed by atoms with van der Waals surface area (Å²) in [6, 6.07) is 0.890. The van der Waals surface area contributed by atoms with Crippen molar-refractivity contribution in [2.75, 3.05) is 46.6 Å². The highest BCUT2D eigenvalue weighted by Crippen LogP contribution is 2.51. The van der Waals surface area contributed by atoms with Crippen molar-refractivity contribution in [3.8, 4) is 0 Å². The number of fused-ring (bicyclic) bond motifs is 2. The number of rotatable bonds is 6. The lowest BCUT2D eigenvalue weighted by atomic mass is 9.78. The SMILES string of the molecule is CO[C@@H]1COCC[C@@H]1N[C@@H]1C[C@H]2CN(C(=O)OCCC(F)(F)F)C[C@@]2(C(=O)N2CCc3ncc(C(F)(F)F)cc3C2)C1. The van der Waals surface area contributed by atoms with E-state index in [0.717, 1.165) is 12.3 Å². The summed E-state index contributed by atoms with van der Waals surface area (Å²) in [7, 11) is 1.60. The molecule has 0 aromatic carbocycles. The van der Waals surface area contributed by atoms with Crippen LogP contribution in [-0.4, -0.2) is 97.7 Å². The first-order valence-electron chi connectivity index (χ1n) is 14.0. The highest BCUT2D eigenvalue weighted by atomic mass is 19.4. The molecule has 0 spiro atoms. The average Bonchev–Trinajstić information content (AvgIpc) is 3.46. The summed E-state index contributed by atoms with van der Waals surface area (Å²) in [5.74, 6) is -0.611. The van der Waals surface area contributed by atoms with Gasteiger partial charge in [0.05, 0.1) is 30.1 Å². The van der Waals surface area contributed by atoms with Crippen LogP contribution in [0, 0.1) is 11.3 Å². The first-order valence-corrected chi connectivity index (χ1v) is 14.0. The summed E-state index contributed by atoms with van der Waals surface area (Å²) in [5.41, 5.74) is -1.15. The van der Waals surface area contributed by atoms with Gasteiger partial charge in [-0.2, -0.15) is 26.3 Å². The number of carbonyl (C=O) groups excluding carboxylic acids is 2. The predicted molar refractivity (Wildman–Crippen MR) is 134 cm³/mol. The Kier molecular flexibility index (Phi) is 8.65. The molecular formula is C27H34F6N4O5. The van der Waals surface area contributed by atoms with Gasteiger partial charge in [-0.05, 0) is 36.8 Å². The molecule has 2 amide bonds. The number of hydrogen-bond acceptors (Lipinski definition) is 7. The predicted octanol–water partition coefficient (Wildman–Crippen LogP) is 3.55. The molecule has 42 heavy (non-hydrogen) atoms. The Morgan fingerprint density at radius 1 is 1.21 bits per heavy atom. The maximum Gasteiger partial charge on any atom is 0.417 e. The molecule has 1 aliphatic carbocycles. The van der Waals surface area contributed by atoms with Gasteiger partial charge >= 0.3 is 18.4 Å². The normalized spacial score (nSPS) is 29.8. The first-order chi connectivity index (χ1) is 19.8. The van der Waals surface area contributed by atoms with E-state index in [4.69, 9.17) is 14.2 Å². The fourth-order valence-corrected chi connectivity index (χ4v) is 6.82. The maximum absolute atomic E-state index is 14.3. The minimum absolute atomic E-state index is 0.0168. The van der Waals surface area contributed by atoms with E-state index in [1.807, 2.05) is 0 Å². The third kappa shape index (κ3) is 6.47. The zero-order chi connectivity index (χ0) is 30.3. The van der Waals surface area contributed by atoms with Gasteiger partial charge in [-0.3, -0.25) is 9.78 Å². The molecule has 1 N–H and O–H groups in total. The second-order valence-corrected chi connectivity index (χ2v) is 11.6. The molecule has 4 heterocycles. The molecule has 0 bridgehead atoms. The minimum Gasteiger partial charge on any atom is -0.449 e. The lowest BCUT2D eigenvalue weighted by Gasteiger charge is -2.37. The second kappa shape index (κ2) is 11.8. The number of methoxy groups -OCH3 is 1. The number of ether oxygens (including phenoxy) is 3. The number of aromatic nitrogens is 1. The van der Waals surface area contributed by atoms with E-state index in [0.29, 0.717) is 43.7 Å². The molecule has 5 atom stereocenters. The lowest BCUT2D eigenvalue weighted by molar-refractivity contribution is -0.143. The zero-order valence-electron chi connectivity index (χ0n) is 23.1. The summed E-state index contributed by atoms with van der Waals surface area (Å²) >= 11 is 0. The van der Waals surface area contributed by atoms with Crippen LogP contribution < -0.4 is 5.32 Å². The fourth-order valence-electron chi connectivity index (χ4n) is 6.82. The van der Waals surface area contributed by atoms with Gasteiger partial charge in [0.2, 0.25) is 5.91 Å². The zero-order valence-corrected chi connectivity index (χ0v) is 23.1. The summed E-state index contributed by atoms with van der Waals surface area (Å²) in [4.78, 5) is 33.8. The van der Waals surface area contributed by atoms with Crippen molar-refractivity contribution in [2.24, 2.45) is 11.3 Å². The molecule has 1 aromatic rings. The van der Waals surface area contributed by atoms with Crippen LogP contribution in [-0.2, 0) is 38.1 Å². The van der Waals surface area contributed by atoms with Crippen molar-refractivity contribution in [1.29, 1.82) is 0 Å². The number of amides is 2. The van der Waals surface area contributed by atoms with Crippen LogP contribution in [0.4, 0.5) is 31.1 Å². The van der Waals surface area contributed by atoms with Gasteiger partial charge in [-0.15, -0.1) is 0 Å². The number of alkyl halides is 6. The van der Waals surface area contributed by atoms with Gasteiger partial charge < -0.3 is 29.3 Å². The van der Waals surface area contributed by atoms with Gasteiger partial charge in [-0.1, -0.05) is 0 Å². The van der Waals surface area contributed by atoms with Gasteiger partial charge in [0.15, 0.2) is 0 Å². The Labute approximate surface area is 238 Å². The standard InChI is InChI=1S/C27H34F6N4O5/c1-40-22-14-41-6-3-21(22)35-19-9-18-13-37(24(39)42-7-4-26(28,29)30)15-25(18,10-19)23(38)36-5-2-20-16(12-36)8-17(11-34-20)27(31,32)33/h8,11,18-19,21-22,35H,2-7,9-10,12-15H2,1H3/t18-,19+,21-,22+,25-/m0/s1. The van der Waals surface area contributed by atoms with Crippen LogP contribution in [0.15, 0.2) is 12.3 Å². The third-order valence-electron chi connectivity index (χ3n) is 8.88. The van der Waals surface area contributed by atoms with E-state index in [-0.39, 0.29) is 62.6 Å². The van der Waals surface area contributed by atoms with Crippen molar-refractivity contribution in [1.82, 2.24) is 20.1 Å². The fraction of sp³-hybridized carbons (Fsp3) is 0.741. The molecule has 5 rings (SSSR count). The van der Waals surface area contributed by atoms with Gasteiger partial charge in [0.1, 0.15) is 6.61 Å². The van der Waals surface area contributed by atoms with Gasteiger partial charge in [-0.25, -0.2) is 4.79 Å². The summed E-state index contributed by atoms with van der Waals surface area (Å²) in [6.07, 6.45) is -8.79. The molecule has 234 valence electrons. The molecule has 0 radical (unpaired) electrons. The molecule has 9 nitrogen and oxygen atoms in total. The first kappa shape index (κ1) is 30.8. The number of carbonyl (C=O) groups is 2. The van der Waals surface area contributed by atoms with Crippen LogP contribution in [0.5, 0.6) is 0 Å². The highest BCUT2D eigenvalue weighted by Gasteiger charge is 2.60. The van der Waals surface area contributed by atoms with Crippen LogP contribution >= 0.6 is 0 Å². The Bertz CT molecular complexity index is 1170. The maximum atomic E-state index is 14.3. The molecule has 3 fully saturated rings. The van der Waals surface area contributed by atoms with E-state index in [1.54, 1.807) is 7.11 Å². The van der Waals surface area contributed by atoms with Crippen LogP contribution in [0.25, 0.3) is 0 Å². The van der Waals surface area contributed by atoms with Gasteiger partial charge in [0, 0.05) is 70.3 Å². The average molecular weight is 609 g/mol. The van der Waals surface area contributed by atoms with Gasteiger partial charge in [0.25, 0.3) is 0 Å². The number of pyridine rings is 1. The molecule has 2 saturated heterocycles. The molecule has 0 unspecified atom stereocenters. The van der Waals surface area contributed by atoms with Crippen molar-refractivity contribution >= 4 is 12.0 Å². The van der Waals surface area contributed by atoms with Crippen molar-refractivity contribution in [2.45, 2.75) is 69.2 Å². The largest absolute Gasteiger partial charge is 0.449 e. The van der Waals surface area contributed by atoms with E-state index >= 15 is 0 Å². The minimum atomic E-state index is -4.58. The van der Waals surface area contributed by atoms with E-state index < -0.39 is 42.5 Å². The lowest BCUT2D eigenvalue weighted by Crippen LogP contribution is -2.52. The molecule has 15 heteroatoms. The quantitative estimate of drug-likeness (QED) is 0.494. The smallest absolute Gasteiger partial charge is 0.417 e. The third-order valence-corrected chi connectivity index (χ3v) is 8.88. The monoisotopic (exact) mass is 608 g/mol. The van der Waals surface area contributed by atoms with E-state index in [1.165, 1.54) is 9.80 Å². The Morgan fingerprint density at radius 3 is 2.71 bits per heavy atom. The van der Waals surface area contributed by atoms with E-state index in [9.17, 15) is 35.9 Å². The Morgan fingerprint density at radius 2 is 2.00 bits per heavy atom. The molecule has 1 saturated carbocycles. The van der Waals surface area contributed by atoms with E-state index in [2.05, 4.69) is 10.3 Å².